The van der Waals surface area contributed by atoms with E-state index < -0.39 is 0 Å². The Balaban J connectivity index is 3.21. The maximum atomic E-state index is 10.6. The van der Waals surface area contributed by atoms with Crippen LogP contribution in [0.15, 0.2) is 0 Å². The highest BCUT2D eigenvalue weighted by Gasteiger charge is 2.14. The van der Waals surface area contributed by atoms with Crippen molar-refractivity contribution in [2.75, 3.05) is 0 Å². The van der Waals surface area contributed by atoms with E-state index >= 15 is 0 Å². The molecule has 0 saturated heterocycles. The molecule has 88 valence electrons. The van der Waals surface area contributed by atoms with Gasteiger partial charge in [-0.3, -0.25) is 0 Å². The molecule has 0 unspecified atom stereocenters. The minimum absolute atomic E-state index is 0.163. The number of hydrogen-bond acceptors (Lipinski definition) is 2. The molecule has 3 nitrogen and oxygen atoms in total. The third kappa shape index (κ3) is 9.44. The fraction of sp³-hybridized carbons (Fsp3) is 0.833. The molecule has 0 bridgehead atoms. The van der Waals surface area contributed by atoms with Gasteiger partial charge in [0.05, 0.1) is 6.42 Å². The molecule has 0 heterocycles. The summed E-state index contributed by atoms with van der Waals surface area (Å²) in [6.07, 6.45) is 9.62. The molecule has 15 heavy (non-hydrogen) atoms. The van der Waals surface area contributed by atoms with Gasteiger partial charge in [0.15, 0.2) is 0 Å². The van der Waals surface area contributed by atoms with Gasteiger partial charge in [-0.15, -0.1) is 0 Å². The number of hydrogen-bond donors (Lipinski definition) is 0. The van der Waals surface area contributed by atoms with Gasteiger partial charge in [-0.25, -0.2) is 0 Å². The van der Waals surface area contributed by atoms with E-state index in [9.17, 15) is 10.1 Å². The van der Waals surface area contributed by atoms with Gasteiger partial charge in [-0.1, -0.05) is 39.5 Å². The predicted octanol–water partition coefficient (Wildman–Crippen LogP) is 1.95. The molecule has 0 fully saturated rings. The monoisotopic (exact) mass is 214 g/mol. The molecule has 0 N–H and O–H groups in total. The summed E-state index contributed by atoms with van der Waals surface area (Å²) in [4.78, 5) is 10.6. The van der Waals surface area contributed by atoms with Gasteiger partial charge < -0.3 is 10.1 Å². The Morgan fingerprint density at radius 3 is 2.33 bits per heavy atom. The van der Waals surface area contributed by atoms with Crippen LogP contribution >= 0.6 is 0 Å². The lowest BCUT2D eigenvalue weighted by atomic mass is 9.88. The van der Waals surface area contributed by atoms with Crippen LogP contribution in [-0.2, 0) is 9.37 Å². The van der Waals surface area contributed by atoms with Crippen molar-refractivity contribution in [1.29, 1.82) is 0 Å². The van der Waals surface area contributed by atoms with Crippen molar-refractivity contribution in [2.24, 2.45) is 5.41 Å². The standard InChI is InChI=1S/C12H22O3/c1-12(2,11-13)9-7-5-3-4-6-8-10-15-14/h10-11H,3-9H2,1-2H3. The topological polar surface area (TPSA) is 51.4 Å². The normalized spacial score (nSPS) is 12.1. The highest BCUT2D eigenvalue weighted by molar-refractivity contribution is 5.57. The molecule has 0 saturated carbocycles. The highest BCUT2D eigenvalue weighted by atomic mass is 17.1. The van der Waals surface area contributed by atoms with Crippen LogP contribution in [0.2, 0.25) is 0 Å². The van der Waals surface area contributed by atoms with E-state index in [2.05, 4.69) is 4.58 Å². The van der Waals surface area contributed by atoms with Crippen molar-refractivity contribution in [3.8, 4) is 0 Å². The Hall–Kier alpha value is -0.860. The largest absolute Gasteiger partial charge is 0.463 e. The van der Waals surface area contributed by atoms with Crippen molar-refractivity contribution < 1.29 is 14.6 Å². The average Bonchev–Trinajstić information content (AvgIpc) is 2.22. The van der Waals surface area contributed by atoms with Crippen LogP contribution in [0.4, 0.5) is 0 Å². The van der Waals surface area contributed by atoms with E-state index in [0.29, 0.717) is 0 Å². The number of rotatable bonds is 9. The molecule has 0 aromatic carbocycles. The third-order valence-corrected chi connectivity index (χ3v) is 2.53. The molecule has 0 rings (SSSR count). The summed E-state index contributed by atoms with van der Waals surface area (Å²) in [5.41, 5.74) is -0.163. The molecule has 0 atom stereocenters. The first-order chi connectivity index (χ1) is 7.12. The summed E-state index contributed by atoms with van der Waals surface area (Å²) in [6, 6.07) is 0. The Morgan fingerprint density at radius 1 is 1.13 bits per heavy atom. The molecule has 0 aliphatic carbocycles. The molecule has 0 radical (unpaired) electrons. The third-order valence-electron chi connectivity index (χ3n) is 2.53. The van der Waals surface area contributed by atoms with Crippen LogP contribution < -0.4 is 5.26 Å². The van der Waals surface area contributed by atoms with E-state index in [0.717, 1.165) is 44.8 Å². The summed E-state index contributed by atoms with van der Waals surface area (Å²) in [5.74, 6) is 0. The van der Waals surface area contributed by atoms with Crippen molar-refractivity contribution >= 4 is 12.6 Å². The molecule has 0 aromatic rings. The van der Waals surface area contributed by atoms with Gasteiger partial charge in [0.1, 0.15) is 6.29 Å². The number of carbonyl (C=O) groups is 1. The second-order valence-electron chi connectivity index (χ2n) is 4.68. The molecular weight excluding hydrogens is 192 g/mol. The Labute approximate surface area is 92.1 Å². The van der Waals surface area contributed by atoms with E-state index in [-0.39, 0.29) is 5.41 Å². The first-order valence-corrected chi connectivity index (χ1v) is 5.69. The maximum absolute atomic E-state index is 10.6. The lowest BCUT2D eigenvalue weighted by Gasteiger charge is -2.15. The lowest BCUT2D eigenvalue weighted by molar-refractivity contribution is -1.04. The van der Waals surface area contributed by atoms with Gasteiger partial charge in [-0.2, -0.15) is 4.58 Å². The Bertz CT molecular complexity index is 185. The molecule has 0 aliphatic heterocycles. The zero-order chi connectivity index (χ0) is 11.6. The van der Waals surface area contributed by atoms with Crippen LogP contribution in [0.3, 0.4) is 0 Å². The SMILES string of the molecule is CC(C)(C=O)CCCCCCCC=[O+][O-]. The number of aldehydes is 2. The molecule has 0 amide bonds. The average molecular weight is 214 g/mol. The van der Waals surface area contributed by atoms with Crippen LogP contribution in [0.25, 0.3) is 0 Å². The van der Waals surface area contributed by atoms with Crippen molar-refractivity contribution in [1.82, 2.24) is 0 Å². The van der Waals surface area contributed by atoms with Crippen molar-refractivity contribution in [3.05, 3.63) is 0 Å². The summed E-state index contributed by atoms with van der Waals surface area (Å²) in [5, 5.41) is 9.62. The second kappa shape index (κ2) is 8.45. The van der Waals surface area contributed by atoms with Gasteiger partial charge in [0, 0.05) is 5.41 Å². The maximum Gasteiger partial charge on any atom is 0.318 e. The molecule has 0 aromatic heterocycles. The Morgan fingerprint density at radius 2 is 1.73 bits per heavy atom. The molecular formula is C12H22O3. The Kier molecular flexibility index (Phi) is 7.96. The zero-order valence-corrected chi connectivity index (χ0v) is 9.83. The molecule has 0 aliphatic rings. The van der Waals surface area contributed by atoms with Crippen LogP contribution in [0, 0.1) is 5.41 Å². The molecule has 0 spiro atoms. The van der Waals surface area contributed by atoms with Crippen LogP contribution in [0.1, 0.15) is 58.8 Å². The first-order valence-electron chi connectivity index (χ1n) is 5.69. The zero-order valence-electron chi connectivity index (χ0n) is 9.83. The summed E-state index contributed by atoms with van der Waals surface area (Å²) in [6.45, 7) is 3.95. The highest BCUT2D eigenvalue weighted by Crippen LogP contribution is 2.21. The van der Waals surface area contributed by atoms with E-state index in [4.69, 9.17) is 0 Å². The smallest absolute Gasteiger partial charge is 0.318 e. The van der Waals surface area contributed by atoms with Gasteiger partial charge >= 0.3 is 6.29 Å². The van der Waals surface area contributed by atoms with E-state index in [1.54, 1.807) is 0 Å². The fourth-order valence-electron chi connectivity index (χ4n) is 1.45. The first kappa shape index (κ1) is 14.1. The van der Waals surface area contributed by atoms with Gasteiger partial charge in [0.25, 0.3) is 0 Å². The minimum Gasteiger partial charge on any atom is -0.463 e. The van der Waals surface area contributed by atoms with Gasteiger partial charge in [-0.05, 0) is 12.8 Å². The minimum atomic E-state index is -0.163. The van der Waals surface area contributed by atoms with Crippen molar-refractivity contribution in [3.63, 3.8) is 0 Å². The summed E-state index contributed by atoms with van der Waals surface area (Å²) in [7, 11) is 0. The lowest BCUT2D eigenvalue weighted by Crippen LogP contribution is -2.12. The van der Waals surface area contributed by atoms with Crippen LogP contribution in [-0.4, -0.2) is 12.6 Å². The van der Waals surface area contributed by atoms with Gasteiger partial charge in [0.2, 0.25) is 0 Å². The fourth-order valence-corrected chi connectivity index (χ4v) is 1.45. The summed E-state index contributed by atoms with van der Waals surface area (Å²) < 4.78 is 3.61. The van der Waals surface area contributed by atoms with Crippen molar-refractivity contribution in [2.45, 2.75) is 58.8 Å². The summed E-state index contributed by atoms with van der Waals surface area (Å²) >= 11 is 0. The molecule has 3 heteroatoms. The predicted molar refractivity (Wildman–Crippen MR) is 58.2 cm³/mol. The van der Waals surface area contributed by atoms with E-state index in [1.807, 2.05) is 13.8 Å². The number of unbranched alkanes of at least 4 members (excludes halogenated alkanes) is 5. The quantitative estimate of drug-likeness (QED) is 0.194. The van der Waals surface area contributed by atoms with Crippen LogP contribution in [0.5, 0.6) is 0 Å². The second-order valence-corrected chi connectivity index (χ2v) is 4.68. The number of carbonyl (C=O) groups excluding carboxylic acids is 2. The van der Waals surface area contributed by atoms with E-state index in [1.165, 1.54) is 12.7 Å².